The van der Waals surface area contributed by atoms with Gasteiger partial charge in [0, 0.05) is 6.08 Å². The molecule has 0 unspecified atom stereocenters. The van der Waals surface area contributed by atoms with Gasteiger partial charge < -0.3 is 10.4 Å². The van der Waals surface area contributed by atoms with Gasteiger partial charge in [-0.3, -0.25) is 4.79 Å². The molecule has 0 fully saturated rings. The number of para-hydroxylation sites is 1. The van der Waals surface area contributed by atoms with E-state index in [0.717, 1.165) is 5.56 Å². The molecule has 0 bridgehead atoms. The van der Waals surface area contributed by atoms with E-state index in [4.69, 9.17) is 5.11 Å². The lowest BCUT2D eigenvalue weighted by Gasteiger charge is -2.18. The average Bonchev–Trinajstić information content (AvgIpc) is 2.53. The number of carbonyl (C=O) groups is 2. The smallest absolute Gasteiger partial charge is 0.337 e. The Morgan fingerprint density at radius 3 is 2.21 bits per heavy atom. The Bertz CT molecular complexity index is 768. The molecule has 0 heterocycles. The Kier molecular flexibility index (Phi) is 5.19. The number of rotatable bonds is 4. The molecule has 2 rings (SSSR count). The molecular formula is C20H21NO3. The number of hydrogen-bond donors (Lipinski definition) is 2. The molecule has 1 amide bonds. The van der Waals surface area contributed by atoms with Gasteiger partial charge in [0.15, 0.2) is 0 Å². The molecule has 0 aliphatic heterocycles. The zero-order valence-electron chi connectivity index (χ0n) is 14.0. The summed E-state index contributed by atoms with van der Waals surface area (Å²) in [5, 5.41) is 11.7. The largest absolute Gasteiger partial charge is 0.478 e. The van der Waals surface area contributed by atoms with Crippen molar-refractivity contribution in [2.45, 2.75) is 26.2 Å². The molecule has 0 radical (unpaired) electrons. The van der Waals surface area contributed by atoms with E-state index in [9.17, 15) is 9.59 Å². The monoisotopic (exact) mass is 323 g/mol. The predicted octanol–water partition coefficient (Wildman–Crippen LogP) is 4.33. The molecule has 0 atom stereocenters. The van der Waals surface area contributed by atoms with Gasteiger partial charge in [-0.2, -0.15) is 0 Å². The number of anilines is 1. The summed E-state index contributed by atoms with van der Waals surface area (Å²) in [4.78, 5) is 23.1. The fourth-order valence-electron chi connectivity index (χ4n) is 2.22. The topological polar surface area (TPSA) is 66.4 Å². The van der Waals surface area contributed by atoms with Crippen LogP contribution >= 0.6 is 0 Å². The molecule has 2 aromatic carbocycles. The van der Waals surface area contributed by atoms with Crippen LogP contribution in [0.1, 0.15) is 42.3 Å². The lowest BCUT2D eigenvalue weighted by atomic mass is 9.87. The third-order valence-electron chi connectivity index (χ3n) is 3.62. The minimum Gasteiger partial charge on any atom is -0.478 e. The summed E-state index contributed by atoms with van der Waals surface area (Å²) in [6, 6.07) is 14.3. The lowest BCUT2D eigenvalue weighted by molar-refractivity contribution is -0.111. The second-order valence-corrected chi connectivity index (χ2v) is 6.55. The van der Waals surface area contributed by atoms with E-state index < -0.39 is 5.97 Å². The highest BCUT2D eigenvalue weighted by atomic mass is 16.4. The number of carboxylic acid groups (broad SMARTS) is 1. The zero-order chi connectivity index (χ0) is 17.7. The van der Waals surface area contributed by atoms with Crippen LogP contribution < -0.4 is 5.32 Å². The fourth-order valence-corrected chi connectivity index (χ4v) is 2.22. The second-order valence-electron chi connectivity index (χ2n) is 6.55. The van der Waals surface area contributed by atoms with E-state index in [1.165, 1.54) is 17.7 Å². The molecule has 4 nitrogen and oxygen atoms in total. The minimum atomic E-state index is -1.08. The molecule has 0 saturated heterocycles. The van der Waals surface area contributed by atoms with Crippen LogP contribution in [-0.4, -0.2) is 17.0 Å². The first kappa shape index (κ1) is 17.5. The van der Waals surface area contributed by atoms with Crippen LogP contribution in [0, 0.1) is 0 Å². The fraction of sp³-hybridized carbons (Fsp3) is 0.200. The summed E-state index contributed by atoms with van der Waals surface area (Å²) in [5.41, 5.74) is 2.56. The van der Waals surface area contributed by atoms with Crippen LogP contribution in [0.3, 0.4) is 0 Å². The third kappa shape index (κ3) is 4.56. The van der Waals surface area contributed by atoms with Gasteiger partial charge in [-0.15, -0.1) is 0 Å². The van der Waals surface area contributed by atoms with Crippen molar-refractivity contribution in [3.8, 4) is 0 Å². The van der Waals surface area contributed by atoms with Crippen LogP contribution in [0.5, 0.6) is 0 Å². The van der Waals surface area contributed by atoms with E-state index in [2.05, 4.69) is 26.1 Å². The molecule has 2 aromatic rings. The second kappa shape index (κ2) is 7.13. The molecule has 2 N–H and O–H groups in total. The summed E-state index contributed by atoms with van der Waals surface area (Å²) in [6.07, 6.45) is 3.09. The number of aromatic carboxylic acids is 1. The van der Waals surface area contributed by atoms with Crippen LogP contribution in [0.2, 0.25) is 0 Å². The molecule has 0 aliphatic rings. The molecule has 0 spiro atoms. The highest BCUT2D eigenvalue weighted by Crippen LogP contribution is 2.22. The van der Waals surface area contributed by atoms with Crippen LogP contribution in [0.15, 0.2) is 54.6 Å². The Hall–Kier alpha value is -2.88. The maximum Gasteiger partial charge on any atom is 0.337 e. The third-order valence-corrected chi connectivity index (χ3v) is 3.62. The van der Waals surface area contributed by atoms with Crippen LogP contribution in [-0.2, 0) is 10.2 Å². The summed E-state index contributed by atoms with van der Waals surface area (Å²) in [7, 11) is 0. The van der Waals surface area contributed by atoms with Gasteiger partial charge >= 0.3 is 5.97 Å². The van der Waals surface area contributed by atoms with Gasteiger partial charge in [0.25, 0.3) is 0 Å². The van der Waals surface area contributed by atoms with Crippen molar-refractivity contribution in [2.75, 3.05) is 5.32 Å². The molecule has 0 aromatic heterocycles. The van der Waals surface area contributed by atoms with Gasteiger partial charge in [-0.25, -0.2) is 4.79 Å². The van der Waals surface area contributed by atoms with E-state index >= 15 is 0 Å². The Labute approximate surface area is 141 Å². The first-order valence-corrected chi connectivity index (χ1v) is 7.69. The average molecular weight is 323 g/mol. The standard InChI is InChI=1S/C20H21NO3/c1-20(2,3)15-11-8-14(9-12-15)10-13-18(22)21-17-7-5-4-6-16(17)19(23)24/h4-13H,1-3H3,(H,21,22)(H,23,24)/b13-10+. The van der Waals surface area contributed by atoms with Gasteiger partial charge in [0.05, 0.1) is 11.3 Å². The molecule has 0 saturated carbocycles. The highest BCUT2D eigenvalue weighted by Gasteiger charge is 2.12. The molecule has 0 aliphatic carbocycles. The van der Waals surface area contributed by atoms with Crippen molar-refractivity contribution in [3.05, 3.63) is 71.3 Å². The number of carbonyl (C=O) groups excluding carboxylic acids is 1. The highest BCUT2D eigenvalue weighted by molar-refractivity contribution is 6.06. The Balaban J connectivity index is 2.07. The Morgan fingerprint density at radius 1 is 1.00 bits per heavy atom. The van der Waals surface area contributed by atoms with Crippen molar-refractivity contribution in [1.82, 2.24) is 0 Å². The summed E-state index contributed by atoms with van der Waals surface area (Å²) in [5.74, 6) is -1.45. The van der Waals surface area contributed by atoms with Gasteiger partial charge in [-0.05, 0) is 34.8 Å². The van der Waals surface area contributed by atoms with Crippen molar-refractivity contribution >= 4 is 23.6 Å². The number of benzene rings is 2. The summed E-state index contributed by atoms with van der Waals surface area (Å²) < 4.78 is 0. The number of nitrogens with one attached hydrogen (secondary N) is 1. The summed E-state index contributed by atoms with van der Waals surface area (Å²) >= 11 is 0. The Morgan fingerprint density at radius 2 is 1.62 bits per heavy atom. The zero-order valence-corrected chi connectivity index (χ0v) is 14.0. The number of hydrogen-bond acceptors (Lipinski definition) is 2. The molecule has 124 valence electrons. The van der Waals surface area contributed by atoms with Crippen molar-refractivity contribution in [2.24, 2.45) is 0 Å². The SMILES string of the molecule is CC(C)(C)c1ccc(/C=C/C(=O)Nc2ccccc2C(=O)O)cc1. The van der Waals surface area contributed by atoms with Crippen LogP contribution in [0.25, 0.3) is 6.08 Å². The van der Waals surface area contributed by atoms with E-state index in [-0.39, 0.29) is 22.6 Å². The van der Waals surface area contributed by atoms with Gasteiger partial charge in [0.2, 0.25) is 5.91 Å². The lowest BCUT2D eigenvalue weighted by Crippen LogP contribution is -2.12. The number of amides is 1. The molecule has 4 heteroatoms. The molecular weight excluding hydrogens is 302 g/mol. The first-order chi connectivity index (χ1) is 11.3. The maximum atomic E-state index is 12.0. The van der Waals surface area contributed by atoms with Crippen molar-refractivity contribution in [1.29, 1.82) is 0 Å². The quantitative estimate of drug-likeness (QED) is 0.823. The van der Waals surface area contributed by atoms with Gasteiger partial charge in [0.1, 0.15) is 0 Å². The van der Waals surface area contributed by atoms with Crippen molar-refractivity contribution < 1.29 is 14.7 Å². The van der Waals surface area contributed by atoms with Crippen LogP contribution in [0.4, 0.5) is 5.69 Å². The van der Waals surface area contributed by atoms with E-state index in [0.29, 0.717) is 0 Å². The van der Waals surface area contributed by atoms with Gasteiger partial charge in [-0.1, -0.05) is 57.2 Å². The number of carboxylic acids is 1. The predicted molar refractivity (Wildman–Crippen MR) is 96.2 cm³/mol. The van der Waals surface area contributed by atoms with Crippen molar-refractivity contribution in [3.63, 3.8) is 0 Å². The summed E-state index contributed by atoms with van der Waals surface area (Å²) in [6.45, 7) is 6.43. The van der Waals surface area contributed by atoms with E-state index in [1.807, 2.05) is 24.3 Å². The normalized spacial score (nSPS) is 11.5. The first-order valence-electron chi connectivity index (χ1n) is 7.69. The molecule has 24 heavy (non-hydrogen) atoms. The van der Waals surface area contributed by atoms with E-state index in [1.54, 1.807) is 24.3 Å². The maximum absolute atomic E-state index is 12.0. The minimum absolute atomic E-state index is 0.0637.